The topological polar surface area (TPSA) is 78.8 Å². The molecule has 0 fully saturated rings. The molecule has 0 saturated heterocycles. The zero-order valence-electron chi connectivity index (χ0n) is 16.4. The van der Waals surface area contributed by atoms with Gasteiger partial charge in [-0.2, -0.15) is 5.10 Å². The van der Waals surface area contributed by atoms with E-state index in [2.05, 4.69) is 55.0 Å². The van der Waals surface area contributed by atoms with E-state index in [1.54, 1.807) is 0 Å². The Hall–Kier alpha value is -2.86. The number of nitrogens with zero attached hydrogens (tertiary/aromatic N) is 4. The molecule has 4 aromatic rings. The van der Waals surface area contributed by atoms with Gasteiger partial charge in [0.1, 0.15) is 23.6 Å². The number of benzene rings is 2. The van der Waals surface area contributed by atoms with Gasteiger partial charge in [-0.1, -0.05) is 18.2 Å². The predicted molar refractivity (Wildman–Crippen MR) is 116 cm³/mol. The fourth-order valence-electron chi connectivity index (χ4n) is 3.27. The van der Waals surface area contributed by atoms with Crippen LogP contribution in [0.5, 0.6) is 5.75 Å². The van der Waals surface area contributed by atoms with E-state index in [9.17, 15) is 0 Å². The Bertz CT molecular complexity index is 1150. The Kier molecular flexibility index (Phi) is 5.17. The van der Waals surface area contributed by atoms with Crippen molar-refractivity contribution in [3.8, 4) is 17.0 Å². The lowest BCUT2D eigenvalue weighted by Gasteiger charge is -2.19. The number of ether oxygens (including phenoxy) is 1. The van der Waals surface area contributed by atoms with E-state index in [1.807, 2.05) is 23.7 Å². The lowest BCUT2D eigenvalue weighted by molar-refractivity contribution is 0.341. The summed E-state index contributed by atoms with van der Waals surface area (Å²) in [7, 11) is 0. The summed E-state index contributed by atoms with van der Waals surface area (Å²) in [5, 5.41) is 7.88. The number of fused-ring (bicyclic) bond motifs is 2. The Morgan fingerprint density at radius 1 is 1.04 bits per heavy atom. The van der Waals surface area contributed by atoms with E-state index in [1.165, 1.54) is 6.33 Å². The van der Waals surface area contributed by atoms with Crippen LogP contribution < -0.4 is 10.5 Å². The van der Waals surface area contributed by atoms with Crippen LogP contribution in [0.15, 0.2) is 42.7 Å². The highest BCUT2D eigenvalue weighted by Gasteiger charge is 2.23. The van der Waals surface area contributed by atoms with E-state index in [0.29, 0.717) is 12.4 Å². The molecule has 0 amide bonds. The third kappa shape index (κ3) is 3.36. The van der Waals surface area contributed by atoms with E-state index < -0.39 is 0 Å². The largest absolute Gasteiger partial charge is 0.494 e. The highest BCUT2D eigenvalue weighted by molar-refractivity contribution is 6.00. The number of hydrogen-bond acceptors (Lipinski definition) is 5. The minimum atomic E-state index is -0.222. The Morgan fingerprint density at radius 3 is 2.46 bits per heavy atom. The first kappa shape index (κ1) is 19.9. The van der Waals surface area contributed by atoms with Crippen molar-refractivity contribution in [1.82, 2.24) is 19.7 Å². The van der Waals surface area contributed by atoms with Gasteiger partial charge in [-0.25, -0.2) is 14.6 Å². The summed E-state index contributed by atoms with van der Waals surface area (Å²) in [5.41, 5.74) is 8.51. The molecular weight excluding hydrogens is 374 g/mol. The van der Waals surface area contributed by atoms with Crippen molar-refractivity contribution in [2.24, 2.45) is 0 Å². The van der Waals surface area contributed by atoms with Gasteiger partial charge in [0.05, 0.1) is 17.5 Å². The molecule has 0 aliphatic rings. The standard InChI is InChI=1S/C21H23N5O.ClH/c1-5-27-16-9-8-13-10-15(7-6-14(13)11-16)18-17-19(22)23-12-24-20(17)26(25-18)21(2,3)4;/h6-12H,5H2,1-4H3,(H2,22,23,24);1H. The molecule has 0 unspecified atom stereocenters. The van der Waals surface area contributed by atoms with Gasteiger partial charge in [0.25, 0.3) is 0 Å². The number of rotatable bonds is 3. The van der Waals surface area contributed by atoms with E-state index >= 15 is 0 Å². The Labute approximate surface area is 170 Å². The summed E-state index contributed by atoms with van der Waals surface area (Å²) in [6.45, 7) is 8.92. The maximum atomic E-state index is 6.20. The molecule has 2 N–H and O–H groups in total. The molecule has 0 bridgehead atoms. The van der Waals surface area contributed by atoms with Gasteiger partial charge >= 0.3 is 0 Å². The predicted octanol–water partition coefficient (Wildman–Crippen LogP) is 4.80. The maximum absolute atomic E-state index is 6.20. The van der Waals surface area contributed by atoms with E-state index in [0.717, 1.165) is 38.8 Å². The van der Waals surface area contributed by atoms with Crippen LogP contribution in [-0.4, -0.2) is 26.4 Å². The lowest BCUT2D eigenvalue weighted by atomic mass is 10.0. The first-order valence-electron chi connectivity index (χ1n) is 9.05. The van der Waals surface area contributed by atoms with Crippen LogP contribution in [0.1, 0.15) is 27.7 Å². The second kappa shape index (κ2) is 7.28. The third-order valence-electron chi connectivity index (χ3n) is 4.53. The van der Waals surface area contributed by atoms with Crippen molar-refractivity contribution in [1.29, 1.82) is 0 Å². The number of aromatic nitrogens is 4. The molecule has 0 aliphatic carbocycles. The molecule has 146 valence electrons. The van der Waals surface area contributed by atoms with Crippen LogP contribution in [-0.2, 0) is 5.54 Å². The van der Waals surface area contributed by atoms with Crippen molar-refractivity contribution in [2.45, 2.75) is 33.2 Å². The van der Waals surface area contributed by atoms with Crippen LogP contribution >= 0.6 is 12.4 Å². The van der Waals surface area contributed by atoms with Crippen molar-refractivity contribution >= 4 is 40.0 Å². The highest BCUT2D eigenvalue weighted by Crippen LogP contribution is 2.34. The van der Waals surface area contributed by atoms with Gasteiger partial charge in [-0.05, 0) is 56.7 Å². The van der Waals surface area contributed by atoms with Crippen molar-refractivity contribution < 1.29 is 4.74 Å². The van der Waals surface area contributed by atoms with E-state index in [-0.39, 0.29) is 17.9 Å². The zero-order valence-corrected chi connectivity index (χ0v) is 17.2. The van der Waals surface area contributed by atoms with Gasteiger partial charge in [0.15, 0.2) is 5.65 Å². The number of nitrogens with two attached hydrogens (primary N) is 1. The van der Waals surface area contributed by atoms with Crippen LogP contribution in [0, 0.1) is 0 Å². The normalized spacial score (nSPS) is 11.6. The molecule has 0 atom stereocenters. The van der Waals surface area contributed by atoms with Crippen LogP contribution in [0.2, 0.25) is 0 Å². The second-order valence-electron chi connectivity index (χ2n) is 7.55. The minimum absolute atomic E-state index is 0. The molecular formula is C21H24ClN5O. The molecule has 2 aromatic carbocycles. The summed E-state index contributed by atoms with van der Waals surface area (Å²) in [5.74, 6) is 1.31. The van der Waals surface area contributed by atoms with Gasteiger partial charge in [0.2, 0.25) is 0 Å². The molecule has 4 rings (SSSR count). The van der Waals surface area contributed by atoms with Gasteiger partial charge in [0, 0.05) is 5.56 Å². The Balaban J connectivity index is 0.00000225. The maximum Gasteiger partial charge on any atom is 0.164 e. The van der Waals surface area contributed by atoms with Gasteiger partial charge < -0.3 is 10.5 Å². The van der Waals surface area contributed by atoms with Crippen molar-refractivity contribution in [3.05, 3.63) is 42.7 Å². The van der Waals surface area contributed by atoms with Crippen LogP contribution in [0.3, 0.4) is 0 Å². The molecule has 0 spiro atoms. The molecule has 28 heavy (non-hydrogen) atoms. The average molecular weight is 398 g/mol. The van der Waals surface area contributed by atoms with Crippen molar-refractivity contribution in [3.63, 3.8) is 0 Å². The molecule has 0 aliphatic heterocycles. The fraction of sp³-hybridized carbons (Fsp3) is 0.286. The monoisotopic (exact) mass is 397 g/mol. The van der Waals surface area contributed by atoms with Gasteiger partial charge in [-0.3, -0.25) is 0 Å². The summed E-state index contributed by atoms with van der Waals surface area (Å²) >= 11 is 0. The SMILES string of the molecule is CCOc1ccc2cc(-c3nn(C(C)(C)C)c4ncnc(N)c34)ccc2c1.Cl. The van der Waals surface area contributed by atoms with Gasteiger partial charge in [-0.15, -0.1) is 12.4 Å². The van der Waals surface area contributed by atoms with Crippen molar-refractivity contribution in [2.75, 3.05) is 12.3 Å². The summed E-state index contributed by atoms with van der Waals surface area (Å²) in [4.78, 5) is 8.62. The molecule has 0 radical (unpaired) electrons. The number of hydrogen-bond donors (Lipinski definition) is 1. The second-order valence-corrected chi connectivity index (χ2v) is 7.55. The highest BCUT2D eigenvalue weighted by atomic mass is 35.5. The number of halogens is 1. The molecule has 6 nitrogen and oxygen atoms in total. The lowest BCUT2D eigenvalue weighted by Crippen LogP contribution is -2.23. The average Bonchev–Trinajstić information content (AvgIpc) is 3.03. The first-order chi connectivity index (χ1) is 12.9. The minimum Gasteiger partial charge on any atom is -0.494 e. The zero-order chi connectivity index (χ0) is 19.2. The third-order valence-corrected chi connectivity index (χ3v) is 4.53. The summed E-state index contributed by atoms with van der Waals surface area (Å²) in [6.07, 6.45) is 1.49. The Morgan fingerprint density at radius 2 is 1.75 bits per heavy atom. The van der Waals surface area contributed by atoms with Crippen LogP contribution in [0.25, 0.3) is 33.1 Å². The van der Waals surface area contributed by atoms with E-state index in [4.69, 9.17) is 15.6 Å². The molecule has 7 heteroatoms. The summed E-state index contributed by atoms with van der Waals surface area (Å²) in [6, 6.07) is 12.3. The smallest absolute Gasteiger partial charge is 0.164 e. The number of anilines is 1. The summed E-state index contributed by atoms with van der Waals surface area (Å²) < 4.78 is 7.51. The number of nitrogen functional groups attached to an aromatic ring is 1. The molecule has 2 heterocycles. The first-order valence-corrected chi connectivity index (χ1v) is 9.05. The fourth-order valence-corrected chi connectivity index (χ4v) is 3.27. The molecule has 0 saturated carbocycles. The quantitative estimate of drug-likeness (QED) is 0.537. The van der Waals surface area contributed by atoms with Crippen LogP contribution in [0.4, 0.5) is 5.82 Å². The molecule has 2 aromatic heterocycles.